The minimum atomic E-state index is 0.201. The van der Waals surface area contributed by atoms with Crippen molar-refractivity contribution < 1.29 is 5.11 Å². The molecule has 1 heterocycles. The number of hydrogen-bond acceptors (Lipinski definition) is 3. The highest BCUT2D eigenvalue weighted by Gasteiger charge is 2.23. The molecule has 1 aliphatic rings. The number of fused-ring (bicyclic) bond motifs is 1. The van der Waals surface area contributed by atoms with E-state index in [4.69, 9.17) is 16.6 Å². The SMILES string of the molecule is CC(NC1CCC(CO)CC1)c1nc2ccc(Cl)cc2n1C. The molecule has 4 nitrogen and oxygen atoms in total. The van der Waals surface area contributed by atoms with Crippen LogP contribution in [-0.2, 0) is 7.05 Å². The zero-order valence-electron chi connectivity index (χ0n) is 13.2. The summed E-state index contributed by atoms with van der Waals surface area (Å²) >= 11 is 6.09. The summed E-state index contributed by atoms with van der Waals surface area (Å²) in [6, 6.07) is 6.54. The highest BCUT2D eigenvalue weighted by atomic mass is 35.5. The van der Waals surface area contributed by atoms with Crippen LogP contribution in [0.15, 0.2) is 18.2 Å². The quantitative estimate of drug-likeness (QED) is 0.907. The van der Waals surface area contributed by atoms with Gasteiger partial charge in [0, 0.05) is 24.7 Å². The number of hydrogen-bond donors (Lipinski definition) is 2. The van der Waals surface area contributed by atoms with Crippen molar-refractivity contribution in [3.8, 4) is 0 Å². The largest absolute Gasteiger partial charge is 0.396 e. The number of nitrogens with zero attached hydrogens (tertiary/aromatic N) is 2. The van der Waals surface area contributed by atoms with Gasteiger partial charge in [0.25, 0.3) is 0 Å². The molecular weight excluding hydrogens is 298 g/mol. The van der Waals surface area contributed by atoms with Gasteiger partial charge in [-0.2, -0.15) is 0 Å². The number of aromatic nitrogens is 2. The number of imidazole rings is 1. The number of aryl methyl sites for hydroxylation is 1. The number of aliphatic hydroxyl groups excluding tert-OH is 1. The van der Waals surface area contributed by atoms with Crippen molar-refractivity contribution in [2.75, 3.05) is 6.61 Å². The maximum atomic E-state index is 9.23. The third-order valence-corrected chi connectivity index (χ3v) is 5.09. The van der Waals surface area contributed by atoms with Crippen LogP contribution in [0.2, 0.25) is 5.02 Å². The number of nitrogens with one attached hydrogen (secondary N) is 1. The molecule has 0 radical (unpaired) electrons. The van der Waals surface area contributed by atoms with Crippen LogP contribution in [0.25, 0.3) is 11.0 Å². The Labute approximate surface area is 136 Å². The molecule has 1 atom stereocenters. The van der Waals surface area contributed by atoms with Gasteiger partial charge in [0.1, 0.15) is 5.82 Å². The molecule has 2 aromatic rings. The van der Waals surface area contributed by atoms with Crippen molar-refractivity contribution in [2.45, 2.75) is 44.7 Å². The van der Waals surface area contributed by atoms with Gasteiger partial charge in [0.15, 0.2) is 0 Å². The fourth-order valence-electron chi connectivity index (χ4n) is 3.51. The van der Waals surface area contributed by atoms with Crippen LogP contribution < -0.4 is 5.32 Å². The fourth-order valence-corrected chi connectivity index (χ4v) is 3.68. The number of rotatable bonds is 4. The van der Waals surface area contributed by atoms with E-state index in [9.17, 15) is 5.11 Å². The number of halogens is 1. The van der Waals surface area contributed by atoms with Crippen LogP contribution in [0.5, 0.6) is 0 Å². The Hall–Kier alpha value is -1.10. The van der Waals surface area contributed by atoms with Gasteiger partial charge in [-0.3, -0.25) is 0 Å². The smallest absolute Gasteiger partial charge is 0.126 e. The van der Waals surface area contributed by atoms with Crippen LogP contribution in [0.3, 0.4) is 0 Å². The molecule has 1 aromatic carbocycles. The summed E-state index contributed by atoms with van der Waals surface area (Å²) in [7, 11) is 2.04. The lowest BCUT2D eigenvalue weighted by Gasteiger charge is -2.30. The van der Waals surface area contributed by atoms with E-state index >= 15 is 0 Å². The van der Waals surface area contributed by atoms with E-state index in [0.717, 1.165) is 47.6 Å². The molecule has 0 aliphatic heterocycles. The molecule has 22 heavy (non-hydrogen) atoms. The summed E-state index contributed by atoms with van der Waals surface area (Å²) in [5, 5.41) is 13.7. The van der Waals surface area contributed by atoms with Crippen molar-refractivity contribution in [2.24, 2.45) is 13.0 Å². The Morgan fingerprint density at radius 3 is 2.77 bits per heavy atom. The first-order valence-electron chi connectivity index (χ1n) is 8.07. The maximum Gasteiger partial charge on any atom is 0.126 e. The second kappa shape index (κ2) is 6.57. The summed E-state index contributed by atoms with van der Waals surface area (Å²) in [4.78, 5) is 4.75. The molecule has 0 spiro atoms. The van der Waals surface area contributed by atoms with Crippen molar-refractivity contribution in [3.63, 3.8) is 0 Å². The molecule has 0 bridgehead atoms. The summed E-state index contributed by atoms with van der Waals surface area (Å²) in [6.07, 6.45) is 4.48. The average Bonchev–Trinajstić information content (AvgIpc) is 2.85. The Balaban J connectivity index is 1.72. The molecule has 1 aromatic heterocycles. The fraction of sp³-hybridized carbons (Fsp3) is 0.588. The zero-order valence-corrected chi connectivity index (χ0v) is 14.0. The van der Waals surface area contributed by atoms with E-state index in [1.807, 2.05) is 25.2 Å². The standard InChI is InChI=1S/C17H24ClN3O/c1-11(19-14-6-3-12(10-22)4-7-14)17-20-15-8-5-13(18)9-16(15)21(17)2/h5,8-9,11-12,14,19,22H,3-4,6-7,10H2,1-2H3. The lowest BCUT2D eigenvalue weighted by Crippen LogP contribution is -2.36. The minimum Gasteiger partial charge on any atom is -0.396 e. The van der Waals surface area contributed by atoms with Gasteiger partial charge in [0.05, 0.1) is 17.1 Å². The van der Waals surface area contributed by atoms with Crippen LogP contribution in [0.1, 0.15) is 44.5 Å². The zero-order chi connectivity index (χ0) is 15.7. The maximum absolute atomic E-state index is 9.23. The Morgan fingerprint density at radius 2 is 2.09 bits per heavy atom. The van der Waals surface area contributed by atoms with Crippen molar-refractivity contribution in [3.05, 3.63) is 29.0 Å². The molecule has 1 aliphatic carbocycles. The first-order valence-corrected chi connectivity index (χ1v) is 8.45. The Morgan fingerprint density at radius 1 is 1.36 bits per heavy atom. The summed E-state index contributed by atoms with van der Waals surface area (Å²) in [5.41, 5.74) is 2.06. The van der Waals surface area contributed by atoms with Crippen molar-refractivity contribution in [1.82, 2.24) is 14.9 Å². The molecule has 1 fully saturated rings. The van der Waals surface area contributed by atoms with Crippen LogP contribution in [0.4, 0.5) is 0 Å². The van der Waals surface area contributed by atoms with E-state index in [1.54, 1.807) is 0 Å². The second-order valence-electron chi connectivity index (χ2n) is 6.45. The molecule has 3 rings (SSSR count). The third kappa shape index (κ3) is 3.14. The normalized spacial score (nSPS) is 23.8. The van der Waals surface area contributed by atoms with E-state index in [0.29, 0.717) is 18.6 Å². The molecule has 5 heteroatoms. The summed E-state index contributed by atoms with van der Waals surface area (Å²) < 4.78 is 2.12. The number of benzene rings is 1. The topological polar surface area (TPSA) is 50.1 Å². The summed E-state index contributed by atoms with van der Waals surface area (Å²) in [6.45, 7) is 2.49. The Bertz CT molecular complexity index is 647. The first-order chi connectivity index (χ1) is 10.6. The molecule has 0 amide bonds. The molecule has 120 valence electrons. The average molecular weight is 322 g/mol. The van der Waals surface area contributed by atoms with Gasteiger partial charge in [-0.1, -0.05) is 11.6 Å². The first kappa shape index (κ1) is 15.8. The van der Waals surface area contributed by atoms with Gasteiger partial charge in [-0.25, -0.2) is 4.98 Å². The van der Waals surface area contributed by atoms with Gasteiger partial charge in [-0.05, 0) is 56.7 Å². The molecular formula is C17H24ClN3O. The monoisotopic (exact) mass is 321 g/mol. The molecule has 2 N–H and O–H groups in total. The van der Waals surface area contributed by atoms with Crippen molar-refractivity contribution >= 4 is 22.6 Å². The highest BCUT2D eigenvalue weighted by molar-refractivity contribution is 6.31. The molecule has 1 saturated carbocycles. The third-order valence-electron chi connectivity index (χ3n) is 4.86. The molecule has 1 unspecified atom stereocenters. The molecule has 0 saturated heterocycles. The second-order valence-corrected chi connectivity index (χ2v) is 6.89. The van der Waals surface area contributed by atoms with E-state index in [-0.39, 0.29) is 6.04 Å². The van der Waals surface area contributed by atoms with E-state index < -0.39 is 0 Å². The Kier molecular flexibility index (Phi) is 4.71. The highest BCUT2D eigenvalue weighted by Crippen LogP contribution is 2.27. The predicted molar refractivity (Wildman–Crippen MR) is 90.1 cm³/mol. The van der Waals surface area contributed by atoms with Gasteiger partial charge < -0.3 is 15.0 Å². The van der Waals surface area contributed by atoms with E-state index in [2.05, 4.69) is 16.8 Å². The number of aliphatic hydroxyl groups is 1. The van der Waals surface area contributed by atoms with Crippen LogP contribution in [0, 0.1) is 5.92 Å². The van der Waals surface area contributed by atoms with E-state index in [1.165, 1.54) is 0 Å². The summed E-state index contributed by atoms with van der Waals surface area (Å²) in [5.74, 6) is 1.53. The lowest BCUT2D eigenvalue weighted by molar-refractivity contribution is 0.172. The van der Waals surface area contributed by atoms with Crippen LogP contribution >= 0.6 is 11.6 Å². The van der Waals surface area contributed by atoms with Gasteiger partial charge in [-0.15, -0.1) is 0 Å². The van der Waals surface area contributed by atoms with Gasteiger partial charge >= 0.3 is 0 Å². The van der Waals surface area contributed by atoms with Crippen molar-refractivity contribution in [1.29, 1.82) is 0 Å². The van der Waals surface area contributed by atoms with Crippen LogP contribution in [-0.4, -0.2) is 27.3 Å². The lowest BCUT2D eigenvalue weighted by atomic mass is 9.86. The predicted octanol–water partition coefficient (Wildman–Crippen LogP) is 3.43. The minimum absolute atomic E-state index is 0.201. The van der Waals surface area contributed by atoms with Gasteiger partial charge in [0.2, 0.25) is 0 Å².